The summed E-state index contributed by atoms with van der Waals surface area (Å²) in [5.74, 6) is 0. The Morgan fingerprint density at radius 2 is 1.88 bits per heavy atom. The summed E-state index contributed by atoms with van der Waals surface area (Å²) in [7, 11) is 2.78. The molecule has 0 aromatic rings. The molecule has 1 saturated heterocycles. The third-order valence-corrected chi connectivity index (χ3v) is 2.43. The second kappa shape index (κ2) is 6.45. The van der Waals surface area contributed by atoms with Crippen LogP contribution >= 0.6 is 0 Å². The van der Waals surface area contributed by atoms with Crippen LogP contribution in [-0.4, -0.2) is 73.6 Å². The molecule has 1 aliphatic heterocycles. The van der Waals surface area contributed by atoms with Crippen LogP contribution in [0.4, 0.5) is 0 Å². The molecule has 0 bridgehead atoms. The Morgan fingerprint density at radius 1 is 1.19 bits per heavy atom. The smallest absolute Gasteiger partial charge is 0.186 e. The Kier molecular flexibility index (Phi) is 5.56. The van der Waals surface area contributed by atoms with Crippen LogP contribution in [0.5, 0.6) is 0 Å². The molecule has 16 heavy (non-hydrogen) atoms. The summed E-state index contributed by atoms with van der Waals surface area (Å²) in [5.41, 5.74) is 0. The predicted molar refractivity (Wildman–Crippen MR) is 51.5 cm³/mol. The van der Waals surface area contributed by atoms with E-state index in [0.29, 0.717) is 0 Å². The second-order valence-electron chi connectivity index (χ2n) is 3.48. The van der Waals surface area contributed by atoms with Gasteiger partial charge in [-0.3, -0.25) is 0 Å². The molecule has 3 N–H and O–H groups in total. The number of rotatable bonds is 5. The molecular weight excluding hydrogens is 220 g/mol. The number of hydrogen-bond acceptors (Lipinski definition) is 7. The van der Waals surface area contributed by atoms with Crippen LogP contribution in [0.15, 0.2) is 0 Å². The first kappa shape index (κ1) is 13.8. The maximum atomic E-state index is 9.77. The monoisotopic (exact) mass is 238 g/mol. The van der Waals surface area contributed by atoms with Crippen LogP contribution < -0.4 is 0 Å². The molecule has 0 amide bonds. The van der Waals surface area contributed by atoms with E-state index in [1.165, 1.54) is 14.2 Å². The molecule has 7 heteroatoms. The molecule has 1 heterocycles. The van der Waals surface area contributed by atoms with Crippen LogP contribution in [0.1, 0.15) is 0 Å². The molecule has 0 aromatic heterocycles. The normalized spacial score (nSPS) is 39.9. The van der Waals surface area contributed by atoms with Crippen LogP contribution in [0, 0.1) is 0 Å². The van der Waals surface area contributed by atoms with Gasteiger partial charge in [-0.15, -0.1) is 0 Å². The summed E-state index contributed by atoms with van der Waals surface area (Å²) in [4.78, 5) is 0. The van der Waals surface area contributed by atoms with Gasteiger partial charge in [0.15, 0.2) is 6.29 Å². The first-order valence-electron chi connectivity index (χ1n) is 4.91. The summed E-state index contributed by atoms with van der Waals surface area (Å²) in [6.07, 6.45) is -4.99. The van der Waals surface area contributed by atoms with Gasteiger partial charge >= 0.3 is 0 Å². The van der Waals surface area contributed by atoms with Crippen molar-refractivity contribution in [3.05, 3.63) is 0 Å². The van der Waals surface area contributed by atoms with Gasteiger partial charge in [-0.25, -0.2) is 0 Å². The van der Waals surface area contributed by atoms with E-state index in [9.17, 15) is 10.2 Å². The highest BCUT2D eigenvalue weighted by molar-refractivity contribution is 4.89. The minimum Gasteiger partial charge on any atom is -0.394 e. The fourth-order valence-electron chi connectivity index (χ4n) is 1.59. The minimum absolute atomic E-state index is 0.0760. The molecule has 0 aromatic carbocycles. The van der Waals surface area contributed by atoms with Crippen molar-refractivity contribution in [1.29, 1.82) is 0 Å². The zero-order valence-corrected chi connectivity index (χ0v) is 9.28. The average Bonchev–Trinajstić information content (AvgIpc) is 2.29. The van der Waals surface area contributed by atoms with E-state index >= 15 is 0 Å². The number of hydrogen-bond donors (Lipinski definition) is 3. The van der Waals surface area contributed by atoms with Crippen molar-refractivity contribution in [2.24, 2.45) is 0 Å². The fraction of sp³-hybridized carbons (Fsp3) is 1.00. The van der Waals surface area contributed by atoms with E-state index in [4.69, 9.17) is 24.1 Å². The molecule has 0 saturated carbocycles. The van der Waals surface area contributed by atoms with Crippen molar-refractivity contribution < 1.29 is 34.3 Å². The first-order chi connectivity index (χ1) is 7.65. The third-order valence-electron chi connectivity index (χ3n) is 2.43. The van der Waals surface area contributed by atoms with Crippen molar-refractivity contribution in [3.8, 4) is 0 Å². The van der Waals surface area contributed by atoms with Gasteiger partial charge in [-0.2, -0.15) is 0 Å². The average molecular weight is 238 g/mol. The number of aliphatic hydroxyl groups excluding tert-OH is 3. The Morgan fingerprint density at radius 3 is 2.38 bits per heavy atom. The Balaban J connectivity index is 2.67. The van der Waals surface area contributed by atoms with E-state index in [0.717, 1.165) is 0 Å². The van der Waals surface area contributed by atoms with E-state index < -0.39 is 30.7 Å². The highest BCUT2D eigenvalue weighted by Gasteiger charge is 2.45. The summed E-state index contributed by atoms with van der Waals surface area (Å²) in [5, 5.41) is 28.5. The summed E-state index contributed by atoms with van der Waals surface area (Å²) in [6, 6.07) is 0. The fourth-order valence-corrected chi connectivity index (χ4v) is 1.59. The van der Waals surface area contributed by atoms with E-state index in [1.807, 2.05) is 0 Å². The zero-order chi connectivity index (χ0) is 12.1. The van der Waals surface area contributed by atoms with Crippen molar-refractivity contribution >= 4 is 0 Å². The summed E-state index contributed by atoms with van der Waals surface area (Å²) in [6.45, 7) is -0.464. The van der Waals surface area contributed by atoms with Crippen molar-refractivity contribution in [2.75, 3.05) is 27.6 Å². The molecule has 0 radical (unpaired) electrons. The minimum atomic E-state index is -1.14. The van der Waals surface area contributed by atoms with Crippen LogP contribution in [-0.2, 0) is 18.9 Å². The molecule has 1 rings (SSSR count). The first-order valence-corrected chi connectivity index (χ1v) is 4.91. The van der Waals surface area contributed by atoms with Crippen molar-refractivity contribution in [3.63, 3.8) is 0 Å². The van der Waals surface area contributed by atoms with E-state index in [-0.39, 0.29) is 13.4 Å². The second-order valence-corrected chi connectivity index (χ2v) is 3.48. The SMILES string of the molecule is COCOC1C(O)C(CO)OC(OC)C1O. The molecule has 1 fully saturated rings. The molecule has 0 aliphatic carbocycles. The molecule has 5 unspecified atom stereocenters. The van der Waals surface area contributed by atoms with Gasteiger partial charge in [0, 0.05) is 14.2 Å². The van der Waals surface area contributed by atoms with Gasteiger partial charge in [0.25, 0.3) is 0 Å². The zero-order valence-electron chi connectivity index (χ0n) is 9.28. The maximum absolute atomic E-state index is 9.77. The Hall–Kier alpha value is -0.280. The lowest BCUT2D eigenvalue weighted by Crippen LogP contribution is -2.60. The molecule has 5 atom stereocenters. The maximum Gasteiger partial charge on any atom is 0.186 e. The lowest BCUT2D eigenvalue weighted by atomic mass is 9.99. The number of aliphatic hydroxyl groups is 3. The molecular formula is C9H18O7. The van der Waals surface area contributed by atoms with Crippen LogP contribution in [0.3, 0.4) is 0 Å². The van der Waals surface area contributed by atoms with Gasteiger partial charge < -0.3 is 34.3 Å². The quantitative estimate of drug-likeness (QED) is 0.479. The van der Waals surface area contributed by atoms with Gasteiger partial charge in [0.05, 0.1) is 6.61 Å². The molecule has 96 valence electrons. The Bertz CT molecular complexity index is 184. The lowest BCUT2D eigenvalue weighted by molar-refractivity contribution is -0.309. The third kappa shape index (κ3) is 2.89. The van der Waals surface area contributed by atoms with Gasteiger partial charge in [0.2, 0.25) is 0 Å². The summed E-state index contributed by atoms with van der Waals surface area (Å²) < 4.78 is 19.8. The van der Waals surface area contributed by atoms with Crippen LogP contribution in [0.25, 0.3) is 0 Å². The largest absolute Gasteiger partial charge is 0.394 e. The predicted octanol–water partition coefficient (Wildman–Crippen LogP) is -1.94. The van der Waals surface area contributed by atoms with Crippen molar-refractivity contribution in [2.45, 2.75) is 30.7 Å². The lowest BCUT2D eigenvalue weighted by Gasteiger charge is -2.41. The molecule has 7 nitrogen and oxygen atoms in total. The topological polar surface area (TPSA) is 97.6 Å². The van der Waals surface area contributed by atoms with Gasteiger partial charge in [-0.1, -0.05) is 0 Å². The highest BCUT2D eigenvalue weighted by atomic mass is 16.7. The van der Waals surface area contributed by atoms with Gasteiger partial charge in [0.1, 0.15) is 31.2 Å². The number of ether oxygens (including phenoxy) is 4. The number of methoxy groups -OCH3 is 2. The van der Waals surface area contributed by atoms with Crippen LogP contribution in [0.2, 0.25) is 0 Å². The standard InChI is InChI=1S/C9H18O7/c1-13-4-15-8-6(11)5(3-10)16-9(14-2)7(8)12/h5-12H,3-4H2,1-2H3. The summed E-state index contributed by atoms with van der Waals surface area (Å²) >= 11 is 0. The Labute approximate surface area is 93.5 Å². The molecule has 1 aliphatic rings. The van der Waals surface area contributed by atoms with Crippen molar-refractivity contribution in [1.82, 2.24) is 0 Å². The molecule has 0 spiro atoms. The highest BCUT2D eigenvalue weighted by Crippen LogP contribution is 2.23. The van der Waals surface area contributed by atoms with E-state index in [2.05, 4.69) is 0 Å². The van der Waals surface area contributed by atoms with E-state index in [1.54, 1.807) is 0 Å². The van der Waals surface area contributed by atoms with Gasteiger partial charge in [-0.05, 0) is 0 Å².